The van der Waals surface area contributed by atoms with Gasteiger partial charge in [-0.25, -0.2) is 4.98 Å². The molecule has 0 fully saturated rings. The van der Waals surface area contributed by atoms with Crippen molar-refractivity contribution < 1.29 is 0 Å². The number of aromatic nitrogens is 3. The number of rotatable bonds is 1. The quantitative estimate of drug-likeness (QED) is 0.497. The van der Waals surface area contributed by atoms with Crippen LogP contribution in [0.3, 0.4) is 0 Å². The highest BCUT2D eigenvalue weighted by Gasteiger charge is 1.85. The van der Waals surface area contributed by atoms with Gasteiger partial charge in [0.1, 0.15) is 6.33 Å². The maximum absolute atomic E-state index is 5.08. The van der Waals surface area contributed by atoms with E-state index in [-0.39, 0.29) is 0 Å². The van der Waals surface area contributed by atoms with Gasteiger partial charge in [0.15, 0.2) is 5.16 Å². The zero-order valence-corrected chi connectivity index (χ0v) is 4.27. The summed E-state index contributed by atoms with van der Waals surface area (Å²) in [5.41, 5.74) is 0. The Balaban J connectivity index is 2.76. The summed E-state index contributed by atoms with van der Waals surface area (Å²) in [7, 11) is 0. The van der Waals surface area contributed by atoms with Gasteiger partial charge in [-0.05, 0) is 11.9 Å². The van der Waals surface area contributed by atoms with Gasteiger partial charge in [-0.15, -0.1) is 0 Å². The van der Waals surface area contributed by atoms with E-state index in [4.69, 9.17) is 5.14 Å². The molecular formula is C2H4N4S. The molecule has 0 aliphatic heterocycles. The minimum Gasteiger partial charge on any atom is -0.271 e. The largest absolute Gasteiger partial charge is 0.271 e. The van der Waals surface area contributed by atoms with Crippen LogP contribution in [0.4, 0.5) is 0 Å². The van der Waals surface area contributed by atoms with Gasteiger partial charge in [0, 0.05) is 0 Å². The lowest BCUT2D eigenvalue weighted by molar-refractivity contribution is 0.974. The fraction of sp³-hybridized carbons (Fsp3) is 0. The number of hydrogen-bond donors (Lipinski definition) is 2. The second kappa shape index (κ2) is 1.94. The molecule has 0 unspecified atom stereocenters. The first-order valence-electron chi connectivity index (χ1n) is 1.65. The standard InChI is InChI=1S/C2H4N4S/c3-7-2-4-1-5-6-2/h1H,3H2,(H,4,5,6). The van der Waals surface area contributed by atoms with Crippen molar-refractivity contribution in [1.82, 2.24) is 15.2 Å². The van der Waals surface area contributed by atoms with Gasteiger partial charge in [-0.1, -0.05) is 0 Å². The zero-order chi connectivity index (χ0) is 5.11. The number of H-pyrrole nitrogens is 1. The Morgan fingerprint density at radius 3 is 3.00 bits per heavy atom. The Kier molecular flexibility index (Phi) is 1.28. The number of aromatic amines is 1. The molecule has 5 heteroatoms. The third-order valence-electron chi connectivity index (χ3n) is 0.505. The van der Waals surface area contributed by atoms with Crippen molar-refractivity contribution in [2.45, 2.75) is 5.16 Å². The summed E-state index contributed by atoms with van der Waals surface area (Å²) in [4.78, 5) is 3.71. The fourth-order valence-corrected chi connectivity index (χ4v) is 0.464. The Morgan fingerprint density at radius 2 is 2.71 bits per heavy atom. The van der Waals surface area contributed by atoms with Crippen molar-refractivity contribution >= 4 is 11.9 Å². The monoisotopic (exact) mass is 116 g/mol. The summed E-state index contributed by atoms with van der Waals surface area (Å²) in [6.07, 6.45) is 1.41. The molecule has 0 amide bonds. The summed E-state index contributed by atoms with van der Waals surface area (Å²) in [5, 5.41) is 11.8. The van der Waals surface area contributed by atoms with Gasteiger partial charge >= 0.3 is 0 Å². The normalized spacial score (nSPS) is 9.29. The molecule has 0 aliphatic rings. The topological polar surface area (TPSA) is 67.6 Å². The molecule has 0 bridgehead atoms. The molecule has 0 aliphatic carbocycles. The minimum atomic E-state index is 0.639. The third kappa shape index (κ3) is 0.908. The Bertz CT molecular complexity index is 124. The van der Waals surface area contributed by atoms with Crippen molar-refractivity contribution in [3.8, 4) is 0 Å². The molecule has 0 aromatic carbocycles. The molecule has 1 rings (SSSR count). The molecule has 1 aromatic heterocycles. The molecule has 4 nitrogen and oxygen atoms in total. The van der Waals surface area contributed by atoms with Crippen LogP contribution in [0.25, 0.3) is 0 Å². The van der Waals surface area contributed by atoms with E-state index in [2.05, 4.69) is 15.2 Å². The average molecular weight is 116 g/mol. The van der Waals surface area contributed by atoms with E-state index in [1.807, 2.05) is 0 Å². The lowest BCUT2D eigenvalue weighted by Gasteiger charge is -1.77. The summed E-state index contributed by atoms with van der Waals surface area (Å²) in [6.45, 7) is 0. The van der Waals surface area contributed by atoms with Crippen LogP contribution in [-0.4, -0.2) is 15.2 Å². The van der Waals surface area contributed by atoms with E-state index < -0.39 is 0 Å². The van der Waals surface area contributed by atoms with Crippen LogP contribution in [-0.2, 0) is 0 Å². The van der Waals surface area contributed by atoms with Crippen LogP contribution in [0.5, 0.6) is 0 Å². The number of nitrogens with two attached hydrogens (primary N) is 1. The van der Waals surface area contributed by atoms with Crippen LogP contribution in [0.2, 0.25) is 0 Å². The lowest BCUT2D eigenvalue weighted by atomic mass is 11.3. The van der Waals surface area contributed by atoms with E-state index in [0.717, 1.165) is 11.9 Å². The molecule has 0 atom stereocenters. The lowest BCUT2D eigenvalue weighted by Crippen LogP contribution is -1.79. The van der Waals surface area contributed by atoms with E-state index in [0.29, 0.717) is 5.16 Å². The van der Waals surface area contributed by atoms with Crippen LogP contribution in [0.15, 0.2) is 11.5 Å². The number of nitrogens with zero attached hydrogens (tertiary/aromatic N) is 2. The van der Waals surface area contributed by atoms with E-state index >= 15 is 0 Å². The van der Waals surface area contributed by atoms with Gasteiger partial charge < -0.3 is 0 Å². The molecule has 0 saturated carbocycles. The van der Waals surface area contributed by atoms with Gasteiger partial charge in [-0.3, -0.25) is 10.2 Å². The van der Waals surface area contributed by atoms with E-state index in [9.17, 15) is 0 Å². The van der Waals surface area contributed by atoms with E-state index in [1.165, 1.54) is 6.33 Å². The average Bonchev–Trinajstić information content (AvgIpc) is 2.14. The molecule has 0 saturated heterocycles. The maximum Gasteiger partial charge on any atom is 0.198 e. The molecule has 1 aromatic rings. The number of hydrogen-bond acceptors (Lipinski definition) is 4. The van der Waals surface area contributed by atoms with Crippen molar-refractivity contribution in [3.63, 3.8) is 0 Å². The van der Waals surface area contributed by atoms with Crippen molar-refractivity contribution in [2.75, 3.05) is 0 Å². The highest BCUT2D eigenvalue weighted by atomic mass is 32.2. The van der Waals surface area contributed by atoms with Gasteiger partial charge in [0.25, 0.3) is 0 Å². The van der Waals surface area contributed by atoms with E-state index in [1.54, 1.807) is 0 Å². The highest BCUT2D eigenvalue weighted by molar-refractivity contribution is 7.96. The Morgan fingerprint density at radius 1 is 1.86 bits per heavy atom. The summed E-state index contributed by atoms with van der Waals surface area (Å²) in [6, 6.07) is 0. The van der Waals surface area contributed by atoms with Gasteiger partial charge in [0.05, 0.1) is 0 Å². The molecule has 0 spiro atoms. The maximum atomic E-state index is 5.08. The van der Waals surface area contributed by atoms with Gasteiger partial charge in [0.2, 0.25) is 0 Å². The first-order valence-corrected chi connectivity index (χ1v) is 2.53. The predicted molar refractivity (Wildman–Crippen MR) is 26.4 cm³/mol. The molecule has 7 heavy (non-hydrogen) atoms. The Labute approximate surface area is 44.6 Å². The summed E-state index contributed by atoms with van der Waals surface area (Å²) < 4.78 is 0. The molecule has 3 N–H and O–H groups in total. The predicted octanol–water partition coefficient (Wildman–Crippen LogP) is -0.230. The van der Waals surface area contributed by atoms with Crippen LogP contribution in [0.1, 0.15) is 0 Å². The SMILES string of the molecule is NSc1ncn[nH]1. The summed E-state index contributed by atoms with van der Waals surface area (Å²) >= 11 is 1.05. The van der Waals surface area contributed by atoms with Crippen molar-refractivity contribution in [3.05, 3.63) is 6.33 Å². The van der Waals surface area contributed by atoms with Crippen LogP contribution < -0.4 is 5.14 Å². The third-order valence-corrected chi connectivity index (χ3v) is 0.925. The molecule has 0 radical (unpaired) electrons. The zero-order valence-electron chi connectivity index (χ0n) is 3.46. The molecule has 1 heterocycles. The van der Waals surface area contributed by atoms with Crippen molar-refractivity contribution in [2.24, 2.45) is 5.14 Å². The molecule has 38 valence electrons. The number of nitrogens with one attached hydrogen (secondary N) is 1. The second-order valence-corrected chi connectivity index (χ2v) is 1.53. The van der Waals surface area contributed by atoms with Gasteiger partial charge in [-0.2, -0.15) is 5.10 Å². The molecular weight excluding hydrogens is 112 g/mol. The second-order valence-electron chi connectivity index (χ2n) is 0.908. The minimum absolute atomic E-state index is 0.639. The first kappa shape index (κ1) is 4.61. The fourth-order valence-electron chi connectivity index (χ4n) is 0.251. The Hall–Kier alpha value is -0.550. The highest BCUT2D eigenvalue weighted by Crippen LogP contribution is 1.97. The van der Waals surface area contributed by atoms with Crippen LogP contribution >= 0.6 is 11.9 Å². The van der Waals surface area contributed by atoms with Crippen LogP contribution in [0, 0.1) is 0 Å². The summed E-state index contributed by atoms with van der Waals surface area (Å²) in [5.74, 6) is 0. The van der Waals surface area contributed by atoms with Crippen molar-refractivity contribution in [1.29, 1.82) is 0 Å². The first-order chi connectivity index (χ1) is 3.43. The smallest absolute Gasteiger partial charge is 0.198 e.